The summed E-state index contributed by atoms with van der Waals surface area (Å²) in [5, 5.41) is 3.84. The van der Waals surface area contributed by atoms with Crippen molar-refractivity contribution >= 4 is 0 Å². The van der Waals surface area contributed by atoms with E-state index >= 15 is 0 Å². The molecule has 16 heavy (non-hydrogen) atoms. The van der Waals surface area contributed by atoms with Gasteiger partial charge in [0.15, 0.2) is 5.82 Å². The molecule has 1 fully saturated rings. The van der Waals surface area contributed by atoms with Gasteiger partial charge in [0.25, 0.3) is 0 Å². The molecule has 0 radical (unpaired) electrons. The highest BCUT2D eigenvalue weighted by Gasteiger charge is 2.24. The van der Waals surface area contributed by atoms with Crippen molar-refractivity contribution in [1.29, 1.82) is 0 Å². The Balaban J connectivity index is 1.93. The first-order valence-corrected chi connectivity index (χ1v) is 5.97. The van der Waals surface area contributed by atoms with E-state index in [0.29, 0.717) is 5.82 Å². The average Bonchev–Trinajstić information content (AvgIpc) is 2.75. The number of hydrogen-bond donors (Lipinski definition) is 0. The number of nitrogens with zero attached hydrogens (tertiary/aromatic N) is 4. The average molecular weight is 224 g/mol. The molecule has 0 aromatic carbocycles. The van der Waals surface area contributed by atoms with Crippen LogP contribution in [-0.4, -0.2) is 52.7 Å². The summed E-state index contributed by atoms with van der Waals surface area (Å²) >= 11 is 0. The number of aryl methyl sites for hydroxylation is 1. The highest BCUT2D eigenvalue weighted by Crippen LogP contribution is 2.19. The van der Waals surface area contributed by atoms with Crippen LogP contribution in [0.15, 0.2) is 4.52 Å². The molecule has 0 spiro atoms. The molecule has 1 unspecified atom stereocenters. The summed E-state index contributed by atoms with van der Waals surface area (Å²) in [4.78, 5) is 9.15. The molecule has 1 atom stereocenters. The zero-order chi connectivity index (χ0) is 11.5. The lowest BCUT2D eigenvalue weighted by molar-refractivity contribution is 0.0914. The van der Waals surface area contributed by atoms with Crippen molar-refractivity contribution in [2.24, 2.45) is 0 Å². The Kier molecular flexibility index (Phi) is 3.56. The van der Waals surface area contributed by atoms with Gasteiger partial charge in [-0.15, -0.1) is 0 Å². The van der Waals surface area contributed by atoms with Crippen LogP contribution >= 0.6 is 0 Å². The number of hydrogen-bond acceptors (Lipinski definition) is 5. The Morgan fingerprint density at radius 1 is 1.31 bits per heavy atom. The predicted octanol–water partition coefficient (Wildman–Crippen LogP) is 1.08. The van der Waals surface area contributed by atoms with E-state index in [1.54, 1.807) is 0 Å². The maximum Gasteiger partial charge on any atom is 0.243 e. The van der Waals surface area contributed by atoms with Crippen molar-refractivity contribution in [3.05, 3.63) is 11.7 Å². The highest BCUT2D eigenvalue weighted by atomic mass is 16.5. The van der Waals surface area contributed by atoms with E-state index in [1.165, 1.54) is 0 Å². The minimum absolute atomic E-state index is 0.236. The molecule has 0 amide bonds. The quantitative estimate of drug-likeness (QED) is 0.768. The van der Waals surface area contributed by atoms with Gasteiger partial charge < -0.3 is 9.42 Å². The lowest BCUT2D eigenvalue weighted by Crippen LogP contribution is -2.46. The zero-order valence-corrected chi connectivity index (χ0v) is 10.3. The van der Waals surface area contributed by atoms with Gasteiger partial charge in [-0.1, -0.05) is 12.1 Å². The van der Waals surface area contributed by atoms with Crippen LogP contribution in [0.5, 0.6) is 0 Å². The fourth-order valence-corrected chi connectivity index (χ4v) is 2.11. The Bertz CT molecular complexity index is 330. The molecule has 5 nitrogen and oxygen atoms in total. The van der Waals surface area contributed by atoms with Gasteiger partial charge in [0.05, 0.1) is 6.04 Å². The molecule has 1 aliphatic rings. The van der Waals surface area contributed by atoms with Crippen molar-refractivity contribution in [3.8, 4) is 0 Å². The van der Waals surface area contributed by atoms with Gasteiger partial charge >= 0.3 is 0 Å². The van der Waals surface area contributed by atoms with Gasteiger partial charge in [-0.3, -0.25) is 4.90 Å². The summed E-state index contributed by atoms with van der Waals surface area (Å²) in [6.07, 6.45) is 0. The van der Waals surface area contributed by atoms with Crippen LogP contribution in [0.2, 0.25) is 0 Å². The Morgan fingerprint density at radius 2 is 2.00 bits per heavy atom. The minimum atomic E-state index is 0.236. The summed E-state index contributed by atoms with van der Waals surface area (Å²) in [5.74, 6) is 1.46. The van der Waals surface area contributed by atoms with Crippen molar-refractivity contribution in [2.45, 2.75) is 26.8 Å². The molecule has 0 aliphatic carbocycles. The number of piperazine rings is 1. The molecule has 1 aromatic rings. The largest absolute Gasteiger partial charge is 0.338 e. The SMILES string of the molecule is CCN1CCN(C(C)c2nc(C)no2)CC1. The van der Waals surface area contributed by atoms with Gasteiger partial charge in [-0.05, 0) is 20.4 Å². The van der Waals surface area contributed by atoms with Crippen LogP contribution in [-0.2, 0) is 0 Å². The van der Waals surface area contributed by atoms with Crippen LogP contribution in [0.1, 0.15) is 31.6 Å². The Hall–Kier alpha value is -0.940. The normalized spacial score (nSPS) is 21.2. The summed E-state index contributed by atoms with van der Waals surface area (Å²) in [6, 6.07) is 0.236. The summed E-state index contributed by atoms with van der Waals surface area (Å²) < 4.78 is 5.22. The number of rotatable bonds is 3. The molecule has 0 bridgehead atoms. The van der Waals surface area contributed by atoms with Crippen LogP contribution in [0.25, 0.3) is 0 Å². The first-order chi connectivity index (χ1) is 7.70. The smallest absolute Gasteiger partial charge is 0.243 e. The molecule has 2 heterocycles. The van der Waals surface area contributed by atoms with Gasteiger partial charge in [-0.25, -0.2) is 0 Å². The minimum Gasteiger partial charge on any atom is -0.338 e. The first-order valence-electron chi connectivity index (χ1n) is 5.97. The summed E-state index contributed by atoms with van der Waals surface area (Å²) in [5.41, 5.74) is 0. The van der Waals surface area contributed by atoms with Crippen LogP contribution in [0, 0.1) is 6.92 Å². The van der Waals surface area contributed by atoms with Crippen molar-refractivity contribution < 1.29 is 4.52 Å². The third kappa shape index (κ3) is 2.41. The monoisotopic (exact) mass is 224 g/mol. The van der Waals surface area contributed by atoms with Gasteiger partial charge in [-0.2, -0.15) is 4.98 Å². The predicted molar refractivity (Wildman–Crippen MR) is 61.1 cm³/mol. The molecule has 0 N–H and O–H groups in total. The van der Waals surface area contributed by atoms with Crippen molar-refractivity contribution in [3.63, 3.8) is 0 Å². The zero-order valence-electron chi connectivity index (χ0n) is 10.3. The molecule has 1 aliphatic heterocycles. The van der Waals surface area contributed by atoms with E-state index in [1.807, 2.05) is 6.92 Å². The van der Waals surface area contributed by atoms with Crippen LogP contribution < -0.4 is 0 Å². The number of likely N-dealkylation sites (N-methyl/N-ethyl adjacent to an activating group) is 1. The van der Waals surface area contributed by atoms with E-state index in [0.717, 1.165) is 38.6 Å². The topological polar surface area (TPSA) is 45.4 Å². The summed E-state index contributed by atoms with van der Waals surface area (Å²) in [7, 11) is 0. The molecule has 0 saturated carbocycles. The van der Waals surface area contributed by atoms with Crippen LogP contribution in [0.3, 0.4) is 0 Å². The van der Waals surface area contributed by atoms with Gasteiger partial charge in [0.2, 0.25) is 5.89 Å². The second-order valence-electron chi connectivity index (χ2n) is 4.33. The van der Waals surface area contributed by atoms with E-state index < -0.39 is 0 Å². The molecule has 5 heteroatoms. The molecule has 1 saturated heterocycles. The third-order valence-electron chi connectivity index (χ3n) is 3.30. The second kappa shape index (κ2) is 4.93. The van der Waals surface area contributed by atoms with Crippen LogP contribution in [0.4, 0.5) is 0 Å². The van der Waals surface area contributed by atoms with Gasteiger partial charge in [0, 0.05) is 26.2 Å². The maximum absolute atomic E-state index is 5.22. The second-order valence-corrected chi connectivity index (χ2v) is 4.33. The Morgan fingerprint density at radius 3 is 2.50 bits per heavy atom. The molecule has 90 valence electrons. The lowest BCUT2D eigenvalue weighted by atomic mass is 10.2. The fraction of sp³-hybridized carbons (Fsp3) is 0.818. The fourth-order valence-electron chi connectivity index (χ4n) is 2.11. The molecular weight excluding hydrogens is 204 g/mol. The van der Waals surface area contributed by atoms with E-state index in [9.17, 15) is 0 Å². The van der Waals surface area contributed by atoms with E-state index in [-0.39, 0.29) is 6.04 Å². The van der Waals surface area contributed by atoms with Crippen molar-refractivity contribution in [2.75, 3.05) is 32.7 Å². The third-order valence-corrected chi connectivity index (χ3v) is 3.30. The molecular formula is C11H20N4O. The number of aromatic nitrogens is 2. The van der Waals surface area contributed by atoms with Gasteiger partial charge in [0.1, 0.15) is 0 Å². The first kappa shape index (κ1) is 11.5. The maximum atomic E-state index is 5.22. The molecule has 1 aromatic heterocycles. The van der Waals surface area contributed by atoms with E-state index in [2.05, 4.69) is 33.8 Å². The highest BCUT2D eigenvalue weighted by molar-refractivity contribution is 4.91. The van der Waals surface area contributed by atoms with E-state index in [4.69, 9.17) is 4.52 Å². The summed E-state index contributed by atoms with van der Waals surface area (Å²) in [6.45, 7) is 11.8. The molecule has 2 rings (SSSR count). The standard InChI is InChI=1S/C11H20N4O/c1-4-14-5-7-15(8-6-14)9(2)11-12-10(3)13-16-11/h9H,4-8H2,1-3H3. The lowest BCUT2D eigenvalue weighted by Gasteiger charge is -2.36. The Labute approximate surface area is 96.4 Å². The van der Waals surface area contributed by atoms with Crippen molar-refractivity contribution in [1.82, 2.24) is 19.9 Å².